The summed E-state index contributed by atoms with van der Waals surface area (Å²) in [6.07, 6.45) is 2.54. The molecule has 0 rings (SSSR count). The lowest BCUT2D eigenvalue weighted by Gasteiger charge is -2.33. The molecule has 0 saturated heterocycles. The minimum Gasteiger partial charge on any atom is -0.315 e. The maximum absolute atomic E-state index is 13.0. The minimum atomic E-state index is -0.494. The molecule has 1 atom stereocenters. The summed E-state index contributed by atoms with van der Waals surface area (Å²) in [7, 11) is 0. The fraction of sp³-hybridized carbons (Fsp3) is 0.870. The van der Waals surface area contributed by atoms with E-state index >= 15 is 0 Å². The van der Waals surface area contributed by atoms with Crippen molar-refractivity contribution in [2.45, 2.75) is 93.7 Å². The summed E-state index contributed by atoms with van der Waals surface area (Å²) in [5.41, 5.74) is -0.494. The third kappa shape index (κ3) is 10.5. The van der Waals surface area contributed by atoms with Crippen LogP contribution in [0.25, 0.3) is 0 Å². The Morgan fingerprint density at radius 1 is 0.857 bits per heavy atom. The largest absolute Gasteiger partial charge is 0.315 e. The molecule has 0 aliphatic carbocycles. The predicted octanol–water partition coefficient (Wildman–Crippen LogP) is 3.89. The molecule has 0 aromatic carbocycles. The predicted molar refractivity (Wildman–Crippen MR) is 117 cm³/mol. The van der Waals surface area contributed by atoms with Gasteiger partial charge < -0.3 is 5.32 Å². The number of ketones is 3. The molecule has 0 radical (unpaired) electrons. The first-order chi connectivity index (χ1) is 12.8. The number of nitrogens with one attached hydrogen (secondary N) is 1. The molecule has 0 heterocycles. The molecule has 0 amide bonds. The molecule has 0 fully saturated rings. The monoisotopic (exact) mass is 396 g/mol. The molecular weight excluding hydrogens is 352 g/mol. The molecule has 0 saturated carbocycles. The van der Waals surface area contributed by atoms with Gasteiger partial charge >= 0.3 is 0 Å². The standard InChI is InChI=1S/C23H44N2O3/c1-16(2)20(26)14-25(15-21(27)23(7,8)9)19(22(28)17(3)4)12-10-11-13-24-18(5)6/h16-19,24H,10-15H2,1-9H3. The van der Waals surface area contributed by atoms with Crippen molar-refractivity contribution >= 4 is 17.3 Å². The van der Waals surface area contributed by atoms with E-state index in [2.05, 4.69) is 19.2 Å². The van der Waals surface area contributed by atoms with Crippen molar-refractivity contribution in [1.82, 2.24) is 10.2 Å². The summed E-state index contributed by atoms with van der Waals surface area (Å²) >= 11 is 0. The van der Waals surface area contributed by atoms with E-state index < -0.39 is 5.41 Å². The Kier molecular flexibility index (Phi) is 12.0. The molecule has 0 aliphatic heterocycles. The third-order valence-corrected chi connectivity index (χ3v) is 4.98. The number of rotatable bonds is 14. The van der Waals surface area contributed by atoms with Gasteiger partial charge in [0.05, 0.1) is 19.1 Å². The van der Waals surface area contributed by atoms with Crippen LogP contribution in [0.15, 0.2) is 0 Å². The molecule has 0 spiro atoms. The first-order valence-electron chi connectivity index (χ1n) is 10.8. The fourth-order valence-corrected chi connectivity index (χ4v) is 2.82. The summed E-state index contributed by atoms with van der Waals surface area (Å²) in [5, 5.41) is 3.39. The third-order valence-electron chi connectivity index (χ3n) is 4.98. The van der Waals surface area contributed by atoms with Crippen molar-refractivity contribution in [2.75, 3.05) is 19.6 Å². The maximum atomic E-state index is 13.0. The molecule has 0 aromatic heterocycles. The zero-order valence-corrected chi connectivity index (χ0v) is 19.7. The van der Waals surface area contributed by atoms with Crippen LogP contribution >= 0.6 is 0 Å². The van der Waals surface area contributed by atoms with E-state index in [0.717, 1.165) is 19.4 Å². The van der Waals surface area contributed by atoms with Crippen molar-refractivity contribution in [3.8, 4) is 0 Å². The highest BCUT2D eigenvalue weighted by molar-refractivity contribution is 5.90. The summed E-state index contributed by atoms with van der Waals surface area (Å²) in [6, 6.07) is 0.0608. The number of nitrogens with zero attached hydrogens (tertiary/aromatic N) is 1. The Balaban J connectivity index is 5.39. The second-order valence-corrected chi connectivity index (χ2v) is 9.88. The summed E-state index contributed by atoms with van der Waals surface area (Å²) in [6.45, 7) is 18.6. The summed E-state index contributed by atoms with van der Waals surface area (Å²) < 4.78 is 0. The number of unbranched alkanes of at least 4 members (excludes halogenated alkanes) is 1. The van der Waals surface area contributed by atoms with Crippen LogP contribution in [0, 0.1) is 17.3 Å². The van der Waals surface area contributed by atoms with E-state index in [1.54, 1.807) is 0 Å². The molecular formula is C23H44N2O3. The molecule has 5 heteroatoms. The molecule has 5 nitrogen and oxygen atoms in total. The quantitative estimate of drug-likeness (QED) is 0.451. The number of Topliss-reactive ketones (excluding diaryl/α,β-unsaturated/α-hetero) is 3. The molecule has 1 unspecified atom stereocenters. The first kappa shape index (κ1) is 26.9. The van der Waals surface area contributed by atoms with Gasteiger partial charge in [-0.2, -0.15) is 0 Å². The average Bonchev–Trinajstić information content (AvgIpc) is 2.55. The van der Waals surface area contributed by atoms with Crippen molar-refractivity contribution in [3.63, 3.8) is 0 Å². The van der Waals surface area contributed by atoms with Gasteiger partial charge in [0.1, 0.15) is 5.78 Å². The Morgan fingerprint density at radius 3 is 1.86 bits per heavy atom. The molecule has 0 aromatic rings. The van der Waals surface area contributed by atoms with E-state index in [-0.39, 0.29) is 48.3 Å². The zero-order valence-electron chi connectivity index (χ0n) is 19.7. The fourth-order valence-electron chi connectivity index (χ4n) is 2.82. The van der Waals surface area contributed by atoms with Crippen molar-refractivity contribution in [2.24, 2.45) is 17.3 Å². The lowest BCUT2D eigenvalue weighted by atomic mass is 9.89. The topological polar surface area (TPSA) is 66.5 Å². The zero-order chi connectivity index (χ0) is 22.1. The highest BCUT2D eigenvalue weighted by atomic mass is 16.1. The van der Waals surface area contributed by atoms with Gasteiger partial charge in [0.25, 0.3) is 0 Å². The van der Waals surface area contributed by atoms with Crippen molar-refractivity contribution in [3.05, 3.63) is 0 Å². The Hall–Kier alpha value is -1.07. The van der Waals surface area contributed by atoms with Crippen molar-refractivity contribution in [1.29, 1.82) is 0 Å². The smallest absolute Gasteiger partial charge is 0.152 e. The molecule has 28 heavy (non-hydrogen) atoms. The maximum Gasteiger partial charge on any atom is 0.152 e. The van der Waals surface area contributed by atoms with Crippen LogP contribution < -0.4 is 5.32 Å². The molecule has 0 aliphatic rings. The minimum absolute atomic E-state index is 0.0621. The van der Waals surface area contributed by atoms with Gasteiger partial charge in [-0.1, -0.05) is 68.7 Å². The van der Waals surface area contributed by atoms with Crippen LogP contribution in [0.4, 0.5) is 0 Å². The second kappa shape index (κ2) is 12.5. The van der Waals surface area contributed by atoms with Gasteiger partial charge in [0.15, 0.2) is 11.6 Å². The molecule has 164 valence electrons. The van der Waals surface area contributed by atoms with E-state index in [1.165, 1.54) is 0 Å². The summed E-state index contributed by atoms with van der Waals surface area (Å²) in [5.74, 6) is 0.0179. The number of hydrogen-bond acceptors (Lipinski definition) is 5. The van der Waals surface area contributed by atoms with Gasteiger partial charge in [0.2, 0.25) is 0 Å². The van der Waals surface area contributed by atoms with Gasteiger partial charge in [-0.25, -0.2) is 0 Å². The normalized spacial score (nSPS) is 13.6. The van der Waals surface area contributed by atoms with Gasteiger partial charge in [0, 0.05) is 23.3 Å². The highest BCUT2D eigenvalue weighted by Crippen LogP contribution is 2.20. The van der Waals surface area contributed by atoms with Gasteiger partial charge in [-0.3, -0.25) is 19.3 Å². The lowest BCUT2D eigenvalue weighted by Crippen LogP contribution is -2.49. The van der Waals surface area contributed by atoms with E-state index in [4.69, 9.17) is 0 Å². The van der Waals surface area contributed by atoms with Crippen LogP contribution in [-0.4, -0.2) is 54.0 Å². The number of carbonyl (C=O) groups is 3. The van der Waals surface area contributed by atoms with Crippen LogP contribution in [-0.2, 0) is 14.4 Å². The Morgan fingerprint density at radius 2 is 1.43 bits per heavy atom. The van der Waals surface area contributed by atoms with Crippen LogP contribution in [0.1, 0.15) is 81.6 Å². The SMILES string of the molecule is CC(C)NCCCCC(C(=O)C(C)C)N(CC(=O)C(C)C)CC(=O)C(C)(C)C. The Labute approximate surface area is 173 Å². The molecule has 1 N–H and O–H groups in total. The van der Waals surface area contributed by atoms with E-state index in [1.807, 2.05) is 53.4 Å². The average molecular weight is 397 g/mol. The van der Waals surface area contributed by atoms with E-state index in [0.29, 0.717) is 12.5 Å². The van der Waals surface area contributed by atoms with Crippen LogP contribution in [0.3, 0.4) is 0 Å². The van der Waals surface area contributed by atoms with Crippen LogP contribution in [0.2, 0.25) is 0 Å². The molecule has 0 bridgehead atoms. The lowest BCUT2D eigenvalue weighted by molar-refractivity contribution is -0.134. The Bertz CT molecular complexity index is 504. The summed E-state index contributed by atoms with van der Waals surface area (Å²) in [4.78, 5) is 40.0. The van der Waals surface area contributed by atoms with Crippen LogP contribution in [0.5, 0.6) is 0 Å². The van der Waals surface area contributed by atoms with Gasteiger partial charge in [-0.05, 0) is 19.4 Å². The van der Waals surface area contributed by atoms with Crippen molar-refractivity contribution < 1.29 is 14.4 Å². The van der Waals surface area contributed by atoms with E-state index in [9.17, 15) is 14.4 Å². The highest BCUT2D eigenvalue weighted by Gasteiger charge is 2.33. The first-order valence-corrected chi connectivity index (χ1v) is 10.8. The van der Waals surface area contributed by atoms with Gasteiger partial charge in [-0.15, -0.1) is 0 Å². The number of hydrogen-bond donors (Lipinski definition) is 1. The second-order valence-electron chi connectivity index (χ2n) is 9.88. The number of carbonyl (C=O) groups excluding carboxylic acids is 3.